The number of para-hydroxylation sites is 5. The second-order valence-electron chi connectivity index (χ2n) is 17.1. The Labute approximate surface area is 384 Å². The van der Waals surface area contributed by atoms with Gasteiger partial charge in [0.15, 0.2) is 0 Å². The minimum absolute atomic E-state index is 0.899. The molecule has 0 unspecified atom stereocenters. The van der Waals surface area contributed by atoms with Crippen LogP contribution in [-0.4, -0.2) is 4.57 Å². The van der Waals surface area contributed by atoms with Gasteiger partial charge in [0, 0.05) is 69.5 Å². The summed E-state index contributed by atoms with van der Waals surface area (Å²) in [5.74, 6) is 0. The molecule has 0 radical (unpaired) electrons. The maximum absolute atomic E-state index is 6.56. The van der Waals surface area contributed by atoms with Crippen LogP contribution in [0, 0.1) is 0 Å². The summed E-state index contributed by atoms with van der Waals surface area (Å²) in [4.78, 5) is 2.52. The van der Waals surface area contributed by atoms with Crippen LogP contribution in [0.2, 0.25) is 0 Å². The lowest BCUT2D eigenvalue weighted by Crippen LogP contribution is -2.12. The molecule has 3 heterocycles. The van der Waals surface area contributed by atoms with E-state index >= 15 is 0 Å². The first-order valence-corrected chi connectivity index (χ1v) is 23.3. The number of nitrogens with zero attached hydrogens (tertiary/aromatic N) is 2. The van der Waals surface area contributed by atoms with Crippen molar-refractivity contribution >= 4 is 114 Å². The van der Waals surface area contributed by atoms with Gasteiger partial charge in [-0.2, -0.15) is 0 Å². The summed E-state index contributed by atoms with van der Waals surface area (Å²) in [6.07, 6.45) is 0. The van der Waals surface area contributed by atoms with Crippen LogP contribution in [0.25, 0.3) is 113 Å². The number of benzene rings is 11. The third-order valence-corrected chi connectivity index (χ3v) is 14.8. The molecule has 0 amide bonds. The zero-order valence-corrected chi connectivity index (χ0v) is 36.5. The van der Waals surface area contributed by atoms with Gasteiger partial charge in [-0.15, -0.1) is 11.3 Å². The minimum atomic E-state index is 0.899. The molecule has 308 valence electrons. The highest BCUT2D eigenvalue weighted by molar-refractivity contribution is 7.26. The normalized spacial score (nSPS) is 11.9. The maximum Gasteiger partial charge on any atom is 0.143 e. The quantitative estimate of drug-likeness (QED) is 0.155. The molecule has 0 saturated heterocycles. The van der Waals surface area contributed by atoms with Crippen molar-refractivity contribution in [2.75, 3.05) is 4.90 Å². The van der Waals surface area contributed by atoms with Gasteiger partial charge >= 0.3 is 0 Å². The molecular weight excluding hydrogens is 821 g/mol. The molecule has 0 fully saturated rings. The number of hydrogen-bond donors (Lipinski definition) is 0. The first-order chi connectivity index (χ1) is 32.8. The highest BCUT2D eigenvalue weighted by atomic mass is 32.1. The number of fused-ring (bicyclic) bond motifs is 12. The van der Waals surface area contributed by atoms with Gasteiger partial charge in [0.05, 0.1) is 28.1 Å². The molecule has 11 aromatic carbocycles. The second kappa shape index (κ2) is 14.5. The molecule has 0 atom stereocenters. The third kappa shape index (κ3) is 5.49. The smallest absolute Gasteiger partial charge is 0.143 e. The predicted octanol–water partition coefficient (Wildman–Crippen LogP) is 18.2. The number of furan rings is 1. The van der Waals surface area contributed by atoms with Crippen LogP contribution in [0.15, 0.2) is 235 Å². The van der Waals surface area contributed by atoms with Crippen LogP contribution >= 0.6 is 11.3 Å². The first-order valence-electron chi connectivity index (χ1n) is 22.5. The van der Waals surface area contributed by atoms with Crippen molar-refractivity contribution in [2.24, 2.45) is 0 Å². The fourth-order valence-corrected chi connectivity index (χ4v) is 11.9. The SMILES string of the molecule is c1ccc(-n2c3ccccc3c3ccccc32)c(-c2c(N(c3ccc(-c4cccc5c4oc4ccccc45)cc3)c3cc4ccccc4c4ccccc34)ccc3c2sc2ccccc23)c1. The van der Waals surface area contributed by atoms with E-state index in [2.05, 4.69) is 234 Å². The number of hydrogen-bond acceptors (Lipinski definition) is 3. The van der Waals surface area contributed by atoms with Crippen LogP contribution in [0.3, 0.4) is 0 Å². The molecular formula is C62H38N2OS. The zero-order chi connectivity index (χ0) is 43.3. The Morgan fingerprint density at radius 2 is 1.00 bits per heavy atom. The zero-order valence-electron chi connectivity index (χ0n) is 35.7. The van der Waals surface area contributed by atoms with Crippen molar-refractivity contribution in [3.05, 3.63) is 231 Å². The van der Waals surface area contributed by atoms with Crippen molar-refractivity contribution in [3.8, 4) is 27.9 Å². The molecule has 14 aromatic rings. The van der Waals surface area contributed by atoms with E-state index in [1.54, 1.807) is 0 Å². The Hall–Kier alpha value is -8.44. The molecule has 14 rings (SSSR count). The van der Waals surface area contributed by atoms with Gasteiger partial charge in [0.1, 0.15) is 11.2 Å². The van der Waals surface area contributed by atoms with Crippen molar-refractivity contribution in [2.45, 2.75) is 0 Å². The van der Waals surface area contributed by atoms with Crippen molar-refractivity contribution in [1.29, 1.82) is 0 Å². The van der Waals surface area contributed by atoms with Crippen molar-refractivity contribution in [3.63, 3.8) is 0 Å². The Bertz CT molecular complexity index is 4190. The third-order valence-electron chi connectivity index (χ3n) is 13.6. The standard InChI is InChI=1S/C62H38N2OS/c1-2-17-42-40(16-1)38-57(45-19-4-3-18-44(42)45)63(41-34-32-39(33-35-41)43-25-15-26-50-48-22-8-13-30-58(48)65-61(43)50)56-37-36-51-49-23-9-14-31-59(49)66-62(51)60(56)52-24-7-12-29-55(52)64-53-27-10-5-20-46(53)47-21-6-11-28-54(47)64/h1-38H. The number of thiophene rings is 1. The van der Waals surface area contributed by atoms with Gasteiger partial charge in [0.25, 0.3) is 0 Å². The number of rotatable bonds is 6. The van der Waals surface area contributed by atoms with Crippen LogP contribution in [0.1, 0.15) is 0 Å². The van der Waals surface area contributed by atoms with Crippen LogP contribution < -0.4 is 4.90 Å². The lowest BCUT2D eigenvalue weighted by molar-refractivity contribution is 0.670. The van der Waals surface area contributed by atoms with Gasteiger partial charge in [-0.3, -0.25) is 0 Å². The largest absolute Gasteiger partial charge is 0.455 e. The Morgan fingerprint density at radius 3 is 1.80 bits per heavy atom. The van der Waals surface area contributed by atoms with E-state index < -0.39 is 0 Å². The fourth-order valence-electron chi connectivity index (χ4n) is 10.7. The first kappa shape index (κ1) is 37.0. The van der Waals surface area contributed by atoms with Crippen LogP contribution in [-0.2, 0) is 0 Å². The lowest BCUT2D eigenvalue weighted by atomic mass is 9.95. The molecule has 0 bridgehead atoms. The molecule has 4 heteroatoms. The molecule has 0 aliphatic heterocycles. The Balaban J connectivity index is 1.08. The summed E-state index contributed by atoms with van der Waals surface area (Å²) in [5.41, 5.74) is 13.1. The monoisotopic (exact) mass is 858 g/mol. The van der Waals surface area contributed by atoms with E-state index in [1.165, 1.54) is 74.6 Å². The highest BCUT2D eigenvalue weighted by Gasteiger charge is 2.26. The van der Waals surface area contributed by atoms with E-state index in [-0.39, 0.29) is 0 Å². The minimum Gasteiger partial charge on any atom is -0.455 e. The molecule has 0 aliphatic carbocycles. The summed E-state index contributed by atoms with van der Waals surface area (Å²) in [7, 11) is 0. The predicted molar refractivity (Wildman–Crippen MR) is 282 cm³/mol. The van der Waals surface area contributed by atoms with E-state index in [9.17, 15) is 0 Å². The van der Waals surface area contributed by atoms with Crippen LogP contribution in [0.4, 0.5) is 17.1 Å². The van der Waals surface area contributed by atoms with E-state index in [0.29, 0.717) is 0 Å². The van der Waals surface area contributed by atoms with E-state index in [4.69, 9.17) is 4.42 Å². The lowest BCUT2D eigenvalue weighted by Gasteiger charge is -2.30. The topological polar surface area (TPSA) is 21.3 Å². The number of anilines is 3. The highest BCUT2D eigenvalue weighted by Crippen LogP contribution is 2.52. The fraction of sp³-hybridized carbons (Fsp3) is 0. The van der Waals surface area contributed by atoms with Gasteiger partial charge < -0.3 is 13.9 Å². The van der Waals surface area contributed by atoms with Gasteiger partial charge in [-0.1, -0.05) is 176 Å². The van der Waals surface area contributed by atoms with Gasteiger partial charge in [-0.05, 0) is 76.3 Å². The molecule has 0 aliphatic rings. The average molecular weight is 859 g/mol. The summed E-state index contributed by atoms with van der Waals surface area (Å²) in [6.45, 7) is 0. The Morgan fingerprint density at radius 1 is 0.394 bits per heavy atom. The maximum atomic E-state index is 6.56. The Kier molecular flexibility index (Phi) is 8.15. The van der Waals surface area contributed by atoms with E-state index in [0.717, 1.165) is 55.8 Å². The van der Waals surface area contributed by atoms with Crippen molar-refractivity contribution < 1.29 is 4.42 Å². The molecule has 0 spiro atoms. The van der Waals surface area contributed by atoms with E-state index in [1.807, 2.05) is 17.4 Å². The summed E-state index contributed by atoms with van der Waals surface area (Å²) in [5, 5.41) is 12.1. The number of aromatic nitrogens is 1. The second-order valence-corrected chi connectivity index (χ2v) is 18.2. The summed E-state index contributed by atoms with van der Waals surface area (Å²) >= 11 is 1.88. The van der Waals surface area contributed by atoms with Gasteiger partial charge in [-0.25, -0.2) is 0 Å². The van der Waals surface area contributed by atoms with Gasteiger partial charge in [0.2, 0.25) is 0 Å². The van der Waals surface area contributed by atoms with Crippen molar-refractivity contribution in [1.82, 2.24) is 4.57 Å². The summed E-state index contributed by atoms with van der Waals surface area (Å²) < 4.78 is 11.6. The summed E-state index contributed by atoms with van der Waals surface area (Å²) in [6, 6.07) is 84.1. The molecule has 0 N–H and O–H groups in total. The molecule has 0 saturated carbocycles. The average Bonchev–Trinajstić information content (AvgIpc) is 4.07. The molecule has 66 heavy (non-hydrogen) atoms. The molecule has 3 aromatic heterocycles. The molecule has 3 nitrogen and oxygen atoms in total. The van der Waals surface area contributed by atoms with Crippen LogP contribution in [0.5, 0.6) is 0 Å².